The van der Waals surface area contributed by atoms with Gasteiger partial charge in [-0.1, -0.05) is 6.92 Å². The molecule has 0 saturated carbocycles. The minimum atomic E-state index is 0.718. The average molecular weight is 423 g/mol. The van der Waals surface area contributed by atoms with Gasteiger partial charge in [0, 0.05) is 32.9 Å². The fraction of sp³-hybridized carbons (Fsp3) is 0.571. The lowest BCUT2D eigenvalue weighted by Crippen LogP contribution is -2.42. The zero-order valence-corrected chi connectivity index (χ0v) is 14.5. The molecular formula is C14H20BrIN2. The van der Waals surface area contributed by atoms with Crippen LogP contribution in [0.1, 0.15) is 26.2 Å². The lowest BCUT2D eigenvalue weighted by Gasteiger charge is -2.34. The molecule has 2 rings (SSSR count). The summed E-state index contributed by atoms with van der Waals surface area (Å²) in [6.45, 7) is 5.71. The molecule has 0 spiro atoms. The normalized spacial score (nSPS) is 17.2. The minimum absolute atomic E-state index is 0.718. The van der Waals surface area contributed by atoms with Crippen LogP contribution in [-0.4, -0.2) is 25.7 Å². The second-order valence-corrected chi connectivity index (χ2v) is 6.83. The molecule has 1 aliphatic heterocycles. The number of piperidine rings is 1. The highest BCUT2D eigenvalue weighted by molar-refractivity contribution is 14.1. The van der Waals surface area contributed by atoms with Crippen LogP contribution in [0.25, 0.3) is 0 Å². The molecule has 1 fully saturated rings. The van der Waals surface area contributed by atoms with Crippen molar-refractivity contribution in [1.82, 2.24) is 5.32 Å². The first-order valence-corrected chi connectivity index (χ1v) is 8.51. The predicted octanol–water partition coefficient (Wildman–Crippen LogP) is 4.02. The molecule has 1 saturated heterocycles. The van der Waals surface area contributed by atoms with Crippen LogP contribution in [0.15, 0.2) is 22.7 Å². The number of halogens is 2. The number of hydrogen-bond acceptors (Lipinski definition) is 2. The summed E-state index contributed by atoms with van der Waals surface area (Å²) in [6, 6.07) is 7.35. The summed E-state index contributed by atoms with van der Waals surface area (Å²) in [4.78, 5) is 2.50. The van der Waals surface area contributed by atoms with Crippen molar-refractivity contribution >= 4 is 44.2 Å². The van der Waals surface area contributed by atoms with Gasteiger partial charge in [-0.05, 0) is 82.5 Å². The largest absolute Gasteiger partial charge is 0.371 e. The van der Waals surface area contributed by atoms with Gasteiger partial charge >= 0.3 is 0 Å². The standard InChI is InChI=1S/C14H20BrIN2/c1-2-7-17-11-5-8-18(9-6-11)12-3-4-13(15)14(16)10-12/h3-4,10-11,17H,2,5-9H2,1H3. The van der Waals surface area contributed by atoms with Crippen molar-refractivity contribution in [2.45, 2.75) is 32.2 Å². The molecule has 0 bridgehead atoms. The molecule has 1 aliphatic rings. The summed E-state index contributed by atoms with van der Waals surface area (Å²) in [6.07, 6.45) is 3.74. The Morgan fingerprint density at radius 1 is 1.39 bits per heavy atom. The van der Waals surface area contributed by atoms with Crippen LogP contribution in [0, 0.1) is 3.57 Å². The molecule has 0 radical (unpaired) electrons. The molecule has 0 aliphatic carbocycles. The molecule has 4 heteroatoms. The van der Waals surface area contributed by atoms with Gasteiger partial charge in [0.25, 0.3) is 0 Å². The van der Waals surface area contributed by atoms with Crippen molar-refractivity contribution in [3.63, 3.8) is 0 Å². The van der Waals surface area contributed by atoms with Crippen LogP contribution in [-0.2, 0) is 0 Å². The number of anilines is 1. The Morgan fingerprint density at radius 2 is 2.11 bits per heavy atom. The van der Waals surface area contributed by atoms with Crippen molar-refractivity contribution in [2.75, 3.05) is 24.5 Å². The molecule has 1 aromatic carbocycles. The molecule has 0 aromatic heterocycles. The maximum atomic E-state index is 3.63. The SMILES string of the molecule is CCCNC1CCN(c2ccc(Br)c(I)c2)CC1. The van der Waals surface area contributed by atoms with Crippen molar-refractivity contribution in [1.29, 1.82) is 0 Å². The molecular weight excluding hydrogens is 403 g/mol. The Morgan fingerprint density at radius 3 is 2.72 bits per heavy atom. The maximum absolute atomic E-state index is 3.63. The Bertz CT molecular complexity index is 389. The molecule has 0 amide bonds. The first kappa shape index (κ1) is 14.6. The van der Waals surface area contributed by atoms with Crippen molar-refractivity contribution in [3.05, 3.63) is 26.2 Å². The van der Waals surface area contributed by atoms with Crippen LogP contribution in [0.3, 0.4) is 0 Å². The van der Waals surface area contributed by atoms with Crippen LogP contribution in [0.2, 0.25) is 0 Å². The maximum Gasteiger partial charge on any atom is 0.0377 e. The Balaban J connectivity index is 1.90. The van der Waals surface area contributed by atoms with E-state index in [4.69, 9.17) is 0 Å². The number of nitrogens with zero attached hydrogens (tertiary/aromatic N) is 1. The van der Waals surface area contributed by atoms with E-state index < -0.39 is 0 Å². The fourth-order valence-electron chi connectivity index (χ4n) is 2.37. The van der Waals surface area contributed by atoms with Gasteiger partial charge in [-0.3, -0.25) is 0 Å². The number of rotatable bonds is 4. The highest BCUT2D eigenvalue weighted by Crippen LogP contribution is 2.26. The van der Waals surface area contributed by atoms with Gasteiger partial charge in [0.05, 0.1) is 0 Å². The van der Waals surface area contributed by atoms with Crippen LogP contribution >= 0.6 is 38.5 Å². The highest BCUT2D eigenvalue weighted by Gasteiger charge is 2.18. The highest BCUT2D eigenvalue weighted by atomic mass is 127. The van der Waals surface area contributed by atoms with E-state index in [0.717, 1.165) is 12.6 Å². The van der Waals surface area contributed by atoms with E-state index in [1.54, 1.807) is 0 Å². The van der Waals surface area contributed by atoms with Gasteiger partial charge in [0.1, 0.15) is 0 Å². The van der Waals surface area contributed by atoms with Crippen molar-refractivity contribution in [2.24, 2.45) is 0 Å². The lowest BCUT2D eigenvalue weighted by atomic mass is 10.0. The van der Waals surface area contributed by atoms with Gasteiger partial charge in [0.2, 0.25) is 0 Å². The average Bonchev–Trinajstić information content (AvgIpc) is 2.40. The zero-order chi connectivity index (χ0) is 13.0. The van der Waals surface area contributed by atoms with E-state index in [0.29, 0.717) is 0 Å². The summed E-state index contributed by atoms with van der Waals surface area (Å²) in [7, 11) is 0. The van der Waals surface area contributed by atoms with E-state index in [1.807, 2.05) is 0 Å². The summed E-state index contributed by atoms with van der Waals surface area (Å²) in [5.74, 6) is 0. The smallest absolute Gasteiger partial charge is 0.0377 e. The first-order valence-electron chi connectivity index (χ1n) is 6.64. The molecule has 1 heterocycles. The molecule has 100 valence electrons. The lowest BCUT2D eigenvalue weighted by molar-refractivity contribution is 0.416. The van der Waals surface area contributed by atoms with Crippen molar-refractivity contribution in [3.8, 4) is 0 Å². The predicted molar refractivity (Wildman–Crippen MR) is 90.4 cm³/mol. The topological polar surface area (TPSA) is 15.3 Å². The van der Waals surface area contributed by atoms with Crippen LogP contribution in [0.4, 0.5) is 5.69 Å². The van der Waals surface area contributed by atoms with Crippen LogP contribution in [0.5, 0.6) is 0 Å². The number of benzene rings is 1. The first-order chi connectivity index (χ1) is 8.70. The summed E-state index contributed by atoms with van der Waals surface area (Å²) in [5.41, 5.74) is 1.36. The quantitative estimate of drug-likeness (QED) is 0.737. The molecule has 1 aromatic rings. The third-order valence-corrected chi connectivity index (χ3v) is 5.77. The second kappa shape index (κ2) is 7.10. The molecule has 0 atom stereocenters. The van der Waals surface area contributed by atoms with E-state index in [9.17, 15) is 0 Å². The minimum Gasteiger partial charge on any atom is -0.371 e. The van der Waals surface area contributed by atoms with E-state index in [2.05, 4.69) is 73.9 Å². The number of hydrogen-bond donors (Lipinski definition) is 1. The fourth-order valence-corrected chi connectivity index (χ4v) is 3.12. The molecule has 18 heavy (non-hydrogen) atoms. The van der Waals surface area contributed by atoms with E-state index >= 15 is 0 Å². The van der Waals surface area contributed by atoms with E-state index in [1.165, 1.54) is 46.1 Å². The zero-order valence-electron chi connectivity index (χ0n) is 10.8. The Kier molecular flexibility index (Phi) is 5.76. The van der Waals surface area contributed by atoms with Crippen LogP contribution < -0.4 is 10.2 Å². The number of nitrogens with one attached hydrogen (secondary N) is 1. The van der Waals surface area contributed by atoms with Gasteiger partial charge in [-0.25, -0.2) is 0 Å². The summed E-state index contributed by atoms with van der Waals surface area (Å²) < 4.78 is 2.47. The summed E-state index contributed by atoms with van der Waals surface area (Å²) >= 11 is 5.94. The van der Waals surface area contributed by atoms with E-state index in [-0.39, 0.29) is 0 Å². The van der Waals surface area contributed by atoms with Gasteiger partial charge in [0.15, 0.2) is 0 Å². The van der Waals surface area contributed by atoms with Gasteiger partial charge in [-0.15, -0.1) is 0 Å². The molecule has 2 nitrogen and oxygen atoms in total. The molecule has 0 unspecified atom stereocenters. The van der Waals surface area contributed by atoms with Gasteiger partial charge < -0.3 is 10.2 Å². The van der Waals surface area contributed by atoms with Gasteiger partial charge in [-0.2, -0.15) is 0 Å². The third kappa shape index (κ3) is 3.84. The molecule has 1 N–H and O–H groups in total. The second-order valence-electron chi connectivity index (χ2n) is 4.81. The third-order valence-electron chi connectivity index (χ3n) is 3.45. The Labute approximate surface area is 132 Å². The summed E-state index contributed by atoms with van der Waals surface area (Å²) in [5, 5.41) is 3.63. The van der Waals surface area contributed by atoms with Crippen molar-refractivity contribution < 1.29 is 0 Å². The monoisotopic (exact) mass is 422 g/mol. The Hall–Kier alpha value is 0.190.